The van der Waals surface area contributed by atoms with E-state index in [1.165, 1.54) is 33.4 Å². The smallest absolute Gasteiger partial charge is 0.119 e. The third kappa shape index (κ3) is 5.19. The molecule has 0 N–H and O–H groups in total. The second-order valence-corrected chi connectivity index (χ2v) is 10.1. The fourth-order valence-corrected chi connectivity index (χ4v) is 5.73. The Morgan fingerprint density at radius 2 is 0.700 bits per heavy atom. The zero-order valence-corrected chi connectivity index (χ0v) is 22.4. The average Bonchev–Trinajstić information content (AvgIpc) is 3.05. The first-order valence-electron chi connectivity index (χ1n) is 13.8. The molecule has 0 heterocycles. The largest absolute Gasteiger partial charge is 0.492 e. The lowest BCUT2D eigenvalue weighted by molar-refractivity contribution is 0.265. The second kappa shape index (κ2) is 11.9. The maximum atomic E-state index is 6.68. The summed E-state index contributed by atoms with van der Waals surface area (Å²) in [5, 5.41) is 0. The molecule has 0 bridgehead atoms. The SMILES string of the molecule is c1ccc(C(c2ccccc2)c2ccc(OCC(c3ccccc3)(c3ccccc3)c3ccccc3)cc2)cc1. The molecule has 40 heavy (non-hydrogen) atoms. The van der Waals surface area contributed by atoms with Gasteiger partial charge in [-0.1, -0.05) is 164 Å². The molecule has 6 aromatic rings. The normalized spacial score (nSPS) is 11.3. The highest BCUT2D eigenvalue weighted by atomic mass is 16.5. The molecular formula is C39H32O. The van der Waals surface area contributed by atoms with Crippen LogP contribution in [0.3, 0.4) is 0 Å². The summed E-state index contributed by atoms with van der Waals surface area (Å²) in [6, 6.07) is 62.1. The van der Waals surface area contributed by atoms with E-state index in [1.54, 1.807) is 0 Å². The third-order valence-corrected chi connectivity index (χ3v) is 7.73. The van der Waals surface area contributed by atoms with Gasteiger partial charge in [-0.3, -0.25) is 0 Å². The molecule has 0 fully saturated rings. The zero-order valence-electron chi connectivity index (χ0n) is 22.4. The quantitative estimate of drug-likeness (QED) is 0.174. The van der Waals surface area contributed by atoms with Gasteiger partial charge in [0.05, 0.1) is 5.41 Å². The van der Waals surface area contributed by atoms with Gasteiger partial charge in [-0.25, -0.2) is 0 Å². The van der Waals surface area contributed by atoms with E-state index in [-0.39, 0.29) is 5.92 Å². The molecule has 0 aliphatic rings. The Hall–Kier alpha value is -4.88. The van der Waals surface area contributed by atoms with E-state index in [0.717, 1.165) is 5.75 Å². The van der Waals surface area contributed by atoms with Crippen LogP contribution in [0.4, 0.5) is 0 Å². The molecule has 0 saturated heterocycles. The Morgan fingerprint density at radius 1 is 0.375 bits per heavy atom. The van der Waals surface area contributed by atoms with E-state index in [2.05, 4.69) is 176 Å². The molecule has 0 spiro atoms. The molecule has 0 amide bonds. The van der Waals surface area contributed by atoms with Crippen LogP contribution in [0.25, 0.3) is 0 Å². The molecule has 0 unspecified atom stereocenters. The summed E-state index contributed by atoms with van der Waals surface area (Å²) in [5.74, 6) is 1.02. The van der Waals surface area contributed by atoms with Crippen molar-refractivity contribution in [3.8, 4) is 5.75 Å². The van der Waals surface area contributed by atoms with Crippen LogP contribution in [0.5, 0.6) is 5.75 Å². The fraction of sp³-hybridized carbons (Fsp3) is 0.0769. The Labute approximate surface area is 237 Å². The van der Waals surface area contributed by atoms with Gasteiger partial charge in [-0.2, -0.15) is 0 Å². The van der Waals surface area contributed by atoms with Crippen LogP contribution >= 0.6 is 0 Å². The van der Waals surface area contributed by atoms with Crippen molar-refractivity contribution in [2.45, 2.75) is 11.3 Å². The van der Waals surface area contributed by atoms with Gasteiger partial charge in [0.25, 0.3) is 0 Å². The molecule has 0 saturated carbocycles. The van der Waals surface area contributed by atoms with Crippen molar-refractivity contribution >= 4 is 0 Å². The summed E-state index contributed by atoms with van der Waals surface area (Å²) in [6.07, 6.45) is 0. The molecule has 1 heteroatoms. The molecule has 0 aliphatic heterocycles. The van der Waals surface area contributed by atoms with Gasteiger partial charge < -0.3 is 4.74 Å². The van der Waals surface area contributed by atoms with Crippen molar-refractivity contribution < 1.29 is 4.74 Å². The molecule has 0 aliphatic carbocycles. The monoisotopic (exact) mass is 516 g/mol. The van der Waals surface area contributed by atoms with Crippen molar-refractivity contribution in [2.24, 2.45) is 0 Å². The summed E-state index contributed by atoms with van der Waals surface area (Å²) in [7, 11) is 0. The van der Waals surface area contributed by atoms with E-state index in [9.17, 15) is 0 Å². The van der Waals surface area contributed by atoms with Gasteiger partial charge in [0.2, 0.25) is 0 Å². The Kier molecular flexibility index (Phi) is 7.55. The highest BCUT2D eigenvalue weighted by Crippen LogP contribution is 2.40. The van der Waals surface area contributed by atoms with Crippen LogP contribution in [0.1, 0.15) is 39.3 Å². The topological polar surface area (TPSA) is 9.23 Å². The number of ether oxygens (including phenoxy) is 1. The molecule has 6 aromatic carbocycles. The molecule has 0 atom stereocenters. The first-order chi connectivity index (χ1) is 19.8. The predicted molar refractivity (Wildman–Crippen MR) is 165 cm³/mol. The van der Waals surface area contributed by atoms with Crippen LogP contribution < -0.4 is 4.74 Å². The zero-order chi connectivity index (χ0) is 27.0. The van der Waals surface area contributed by atoms with Crippen molar-refractivity contribution in [1.29, 1.82) is 0 Å². The number of hydrogen-bond donors (Lipinski definition) is 0. The first kappa shape index (κ1) is 25.4. The minimum absolute atomic E-state index is 0.161. The standard InChI is InChI=1S/C39H32O/c1-6-16-31(17-7-1)38(32-18-8-2-9-19-32)33-26-28-37(29-27-33)40-30-39(34-20-10-3-11-21-34,35-22-12-4-13-23-35)36-24-14-5-15-25-36/h1-29,38H,30H2. The predicted octanol–water partition coefficient (Wildman–Crippen LogP) is 9.28. The van der Waals surface area contributed by atoms with E-state index in [1.807, 2.05) is 0 Å². The van der Waals surface area contributed by atoms with Crippen molar-refractivity contribution in [1.82, 2.24) is 0 Å². The van der Waals surface area contributed by atoms with E-state index in [0.29, 0.717) is 6.61 Å². The van der Waals surface area contributed by atoms with Gasteiger partial charge in [0.15, 0.2) is 0 Å². The molecule has 6 rings (SSSR count). The van der Waals surface area contributed by atoms with E-state index in [4.69, 9.17) is 4.74 Å². The highest BCUT2D eigenvalue weighted by Gasteiger charge is 2.37. The number of rotatable bonds is 9. The fourth-order valence-electron chi connectivity index (χ4n) is 5.73. The molecular weight excluding hydrogens is 484 g/mol. The second-order valence-electron chi connectivity index (χ2n) is 10.1. The van der Waals surface area contributed by atoms with Gasteiger partial charge >= 0.3 is 0 Å². The van der Waals surface area contributed by atoms with Gasteiger partial charge in [0, 0.05) is 5.92 Å². The first-order valence-corrected chi connectivity index (χ1v) is 13.8. The Morgan fingerprint density at radius 3 is 1.07 bits per heavy atom. The lowest BCUT2D eigenvalue weighted by atomic mass is 9.70. The lowest BCUT2D eigenvalue weighted by Crippen LogP contribution is -2.36. The molecule has 0 aromatic heterocycles. The number of hydrogen-bond acceptors (Lipinski definition) is 1. The van der Waals surface area contributed by atoms with Crippen LogP contribution in [0, 0.1) is 0 Å². The third-order valence-electron chi connectivity index (χ3n) is 7.73. The van der Waals surface area contributed by atoms with Crippen molar-refractivity contribution in [3.63, 3.8) is 0 Å². The van der Waals surface area contributed by atoms with E-state index >= 15 is 0 Å². The van der Waals surface area contributed by atoms with Crippen LogP contribution in [0.2, 0.25) is 0 Å². The van der Waals surface area contributed by atoms with Crippen LogP contribution in [-0.2, 0) is 5.41 Å². The Balaban J connectivity index is 1.36. The van der Waals surface area contributed by atoms with Crippen LogP contribution in [0.15, 0.2) is 176 Å². The summed E-state index contributed by atoms with van der Waals surface area (Å²) < 4.78 is 6.68. The molecule has 194 valence electrons. The molecule has 0 radical (unpaired) electrons. The summed E-state index contributed by atoms with van der Waals surface area (Å²) in [5.41, 5.74) is 6.95. The van der Waals surface area contributed by atoms with Crippen molar-refractivity contribution in [2.75, 3.05) is 6.61 Å². The number of benzene rings is 6. The maximum Gasteiger partial charge on any atom is 0.119 e. The van der Waals surface area contributed by atoms with Crippen LogP contribution in [-0.4, -0.2) is 6.61 Å². The lowest BCUT2D eigenvalue weighted by Gasteiger charge is -2.35. The summed E-state index contributed by atoms with van der Waals surface area (Å²) in [6.45, 7) is 0.477. The maximum absolute atomic E-state index is 6.68. The van der Waals surface area contributed by atoms with Gasteiger partial charge in [-0.15, -0.1) is 0 Å². The van der Waals surface area contributed by atoms with Gasteiger partial charge in [-0.05, 0) is 45.5 Å². The molecule has 1 nitrogen and oxygen atoms in total. The summed E-state index contributed by atoms with van der Waals surface area (Å²) in [4.78, 5) is 0. The highest BCUT2D eigenvalue weighted by molar-refractivity contribution is 5.51. The Bertz CT molecular complexity index is 1460. The summed E-state index contributed by atoms with van der Waals surface area (Å²) >= 11 is 0. The average molecular weight is 517 g/mol. The van der Waals surface area contributed by atoms with Gasteiger partial charge in [0.1, 0.15) is 12.4 Å². The minimum atomic E-state index is -0.459. The van der Waals surface area contributed by atoms with E-state index < -0.39 is 5.41 Å². The minimum Gasteiger partial charge on any atom is -0.492 e. The van der Waals surface area contributed by atoms with Crippen molar-refractivity contribution in [3.05, 3.63) is 209 Å².